The van der Waals surface area contributed by atoms with Crippen LogP contribution in [0, 0.1) is 0 Å². The molecule has 1 saturated heterocycles. The highest BCUT2D eigenvalue weighted by Gasteiger charge is 2.28. The van der Waals surface area contributed by atoms with E-state index in [9.17, 15) is 4.79 Å². The summed E-state index contributed by atoms with van der Waals surface area (Å²) in [5.41, 5.74) is 9.00. The monoisotopic (exact) mass is 358 g/mol. The highest BCUT2D eigenvalue weighted by atomic mass is 16.6. The fraction of sp³-hybridized carbons (Fsp3) is 0.600. The third-order valence-corrected chi connectivity index (χ3v) is 4.85. The van der Waals surface area contributed by atoms with Crippen molar-refractivity contribution in [1.82, 2.24) is 14.5 Å². The number of anilines is 1. The largest absolute Gasteiger partial charge is 0.444 e. The lowest BCUT2D eigenvalue weighted by Crippen LogP contribution is -2.39. The number of hydrogen-bond donors (Lipinski definition) is 1. The second kappa shape index (κ2) is 7.17. The van der Waals surface area contributed by atoms with E-state index < -0.39 is 5.60 Å². The van der Waals surface area contributed by atoms with Crippen molar-refractivity contribution >= 4 is 23.1 Å². The van der Waals surface area contributed by atoms with E-state index in [1.54, 1.807) is 0 Å². The number of nitrogen functional groups attached to an aromatic ring is 1. The van der Waals surface area contributed by atoms with Crippen LogP contribution < -0.4 is 5.73 Å². The number of nitrogens with two attached hydrogens (primary N) is 1. The molecular formula is C20H30N4O2. The summed E-state index contributed by atoms with van der Waals surface area (Å²) in [6.07, 6.45) is 3.72. The summed E-state index contributed by atoms with van der Waals surface area (Å²) in [5, 5.41) is 0. The Balaban J connectivity index is 1.91. The van der Waals surface area contributed by atoms with Gasteiger partial charge in [0.15, 0.2) is 0 Å². The van der Waals surface area contributed by atoms with E-state index in [4.69, 9.17) is 10.5 Å². The SMILES string of the molecule is CCc1ccc2nc(N)n([C@@H]3CCCCN(C(=O)OC(C)(C)C)C3)c2c1. The third-order valence-electron chi connectivity index (χ3n) is 4.85. The predicted octanol–water partition coefficient (Wildman–Crippen LogP) is 4.14. The molecule has 1 fully saturated rings. The molecule has 3 rings (SSSR count). The van der Waals surface area contributed by atoms with E-state index >= 15 is 0 Å². The van der Waals surface area contributed by atoms with Gasteiger partial charge in [-0.2, -0.15) is 0 Å². The quantitative estimate of drug-likeness (QED) is 0.875. The molecule has 0 aliphatic carbocycles. The summed E-state index contributed by atoms with van der Waals surface area (Å²) in [4.78, 5) is 18.9. The number of fused-ring (bicyclic) bond motifs is 1. The molecule has 0 bridgehead atoms. The van der Waals surface area contributed by atoms with Gasteiger partial charge in [-0.3, -0.25) is 0 Å². The molecule has 0 saturated carbocycles. The van der Waals surface area contributed by atoms with Gasteiger partial charge >= 0.3 is 6.09 Å². The van der Waals surface area contributed by atoms with Crippen molar-refractivity contribution in [2.45, 2.75) is 65.0 Å². The molecule has 2 aromatic rings. The molecule has 142 valence electrons. The maximum atomic E-state index is 12.6. The Bertz CT molecular complexity index is 791. The average Bonchev–Trinajstić information content (AvgIpc) is 2.73. The van der Waals surface area contributed by atoms with Crippen molar-refractivity contribution in [3.63, 3.8) is 0 Å². The van der Waals surface area contributed by atoms with E-state index in [0.717, 1.165) is 43.3 Å². The molecule has 6 nitrogen and oxygen atoms in total. The number of carbonyl (C=O) groups is 1. The predicted molar refractivity (Wildman–Crippen MR) is 104 cm³/mol. The minimum absolute atomic E-state index is 0.113. The van der Waals surface area contributed by atoms with Crippen molar-refractivity contribution in [2.24, 2.45) is 0 Å². The Hall–Kier alpha value is -2.24. The van der Waals surface area contributed by atoms with Crippen LogP contribution in [0.15, 0.2) is 18.2 Å². The van der Waals surface area contributed by atoms with Crippen molar-refractivity contribution < 1.29 is 9.53 Å². The number of rotatable bonds is 2. The Labute approximate surface area is 155 Å². The fourth-order valence-electron chi connectivity index (χ4n) is 3.58. The summed E-state index contributed by atoms with van der Waals surface area (Å²) < 4.78 is 7.69. The molecule has 1 aliphatic heterocycles. The van der Waals surface area contributed by atoms with Crippen LogP contribution in [0.2, 0.25) is 0 Å². The molecule has 1 aromatic heterocycles. The van der Waals surface area contributed by atoms with Gasteiger partial charge in [-0.25, -0.2) is 9.78 Å². The first kappa shape index (κ1) is 18.5. The summed E-state index contributed by atoms with van der Waals surface area (Å²) >= 11 is 0. The second-order valence-corrected chi connectivity index (χ2v) is 8.09. The fourth-order valence-corrected chi connectivity index (χ4v) is 3.58. The van der Waals surface area contributed by atoms with E-state index in [0.29, 0.717) is 12.5 Å². The van der Waals surface area contributed by atoms with Crippen LogP contribution in [0.1, 0.15) is 58.6 Å². The molecule has 1 atom stereocenters. The molecule has 0 radical (unpaired) electrons. The van der Waals surface area contributed by atoms with Gasteiger partial charge in [0.25, 0.3) is 0 Å². The standard InChI is InChI=1S/C20H30N4O2/c1-5-14-9-10-16-17(12-14)24(18(21)22-16)15-8-6-7-11-23(13-15)19(25)26-20(2,3)4/h9-10,12,15H,5-8,11,13H2,1-4H3,(H2,21,22)/t15-/m1/s1. The van der Waals surface area contributed by atoms with Gasteiger partial charge in [0, 0.05) is 13.1 Å². The number of aromatic nitrogens is 2. The van der Waals surface area contributed by atoms with Gasteiger partial charge in [-0.05, 0) is 64.2 Å². The number of amides is 1. The highest BCUT2D eigenvalue weighted by Crippen LogP contribution is 2.30. The van der Waals surface area contributed by atoms with E-state index in [1.807, 2.05) is 31.7 Å². The van der Waals surface area contributed by atoms with Gasteiger partial charge in [0.1, 0.15) is 5.60 Å². The van der Waals surface area contributed by atoms with Gasteiger partial charge in [0.2, 0.25) is 5.95 Å². The zero-order valence-corrected chi connectivity index (χ0v) is 16.3. The molecule has 6 heteroatoms. The number of likely N-dealkylation sites (tertiary alicyclic amines) is 1. The van der Waals surface area contributed by atoms with Gasteiger partial charge in [0.05, 0.1) is 17.1 Å². The van der Waals surface area contributed by atoms with E-state index in [2.05, 4.69) is 28.6 Å². The molecule has 0 spiro atoms. The third kappa shape index (κ3) is 3.94. The summed E-state index contributed by atoms with van der Waals surface area (Å²) in [7, 11) is 0. The topological polar surface area (TPSA) is 73.4 Å². The maximum Gasteiger partial charge on any atom is 0.410 e. The first-order chi connectivity index (χ1) is 12.3. The van der Waals surface area contributed by atoms with Gasteiger partial charge in [-0.15, -0.1) is 0 Å². The van der Waals surface area contributed by atoms with Crippen LogP contribution >= 0.6 is 0 Å². The normalized spacial score (nSPS) is 18.8. The zero-order chi connectivity index (χ0) is 18.9. The minimum atomic E-state index is -0.490. The first-order valence-electron chi connectivity index (χ1n) is 9.52. The Morgan fingerprint density at radius 2 is 2.12 bits per heavy atom. The Morgan fingerprint density at radius 1 is 1.35 bits per heavy atom. The number of nitrogens with zero attached hydrogens (tertiary/aromatic N) is 3. The molecular weight excluding hydrogens is 328 g/mol. The summed E-state index contributed by atoms with van der Waals surface area (Å²) in [5.74, 6) is 0.518. The average molecular weight is 358 g/mol. The van der Waals surface area contributed by atoms with E-state index in [1.165, 1.54) is 5.56 Å². The lowest BCUT2D eigenvalue weighted by atomic mass is 10.1. The van der Waals surface area contributed by atoms with Crippen LogP contribution in [0.3, 0.4) is 0 Å². The summed E-state index contributed by atoms with van der Waals surface area (Å²) in [6.45, 7) is 9.15. The molecule has 2 N–H and O–H groups in total. The smallest absolute Gasteiger partial charge is 0.410 e. The number of imidazole rings is 1. The van der Waals surface area contributed by atoms with Crippen LogP contribution in [-0.4, -0.2) is 39.2 Å². The van der Waals surface area contributed by atoms with Crippen molar-refractivity contribution in [3.8, 4) is 0 Å². The van der Waals surface area contributed by atoms with Crippen LogP contribution in [0.5, 0.6) is 0 Å². The van der Waals surface area contributed by atoms with Crippen LogP contribution in [0.25, 0.3) is 11.0 Å². The van der Waals surface area contributed by atoms with E-state index in [-0.39, 0.29) is 12.1 Å². The number of ether oxygens (including phenoxy) is 1. The van der Waals surface area contributed by atoms with Crippen molar-refractivity contribution in [3.05, 3.63) is 23.8 Å². The minimum Gasteiger partial charge on any atom is -0.444 e. The Kier molecular flexibility index (Phi) is 5.12. The molecule has 26 heavy (non-hydrogen) atoms. The molecule has 0 unspecified atom stereocenters. The number of hydrogen-bond acceptors (Lipinski definition) is 4. The molecule has 1 amide bonds. The van der Waals surface area contributed by atoms with Crippen LogP contribution in [0.4, 0.5) is 10.7 Å². The Morgan fingerprint density at radius 3 is 2.81 bits per heavy atom. The lowest BCUT2D eigenvalue weighted by molar-refractivity contribution is 0.0238. The first-order valence-corrected chi connectivity index (χ1v) is 9.52. The molecule has 1 aliphatic rings. The zero-order valence-electron chi connectivity index (χ0n) is 16.3. The summed E-state index contributed by atoms with van der Waals surface area (Å²) in [6, 6.07) is 6.41. The highest BCUT2D eigenvalue weighted by molar-refractivity contribution is 5.79. The van der Waals surface area contributed by atoms with Crippen molar-refractivity contribution in [2.75, 3.05) is 18.8 Å². The molecule has 2 heterocycles. The molecule has 1 aromatic carbocycles. The number of aryl methyl sites for hydroxylation is 1. The maximum absolute atomic E-state index is 12.6. The van der Waals surface area contributed by atoms with Gasteiger partial charge < -0.3 is 19.9 Å². The lowest BCUT2D eigenvalue weighted by Gasteiger charge is -2.29. The second-order valence-electron chi connectivity index (χ2n) is 8.09. The number of carbonyl (C=O) groups excluding carboxylic acids is 1. The van der Waals surface area contributed by atoms with Crippen LogP contribution in [-0.2, 0) is 11.2 Å². The number of benzene rings is 1. The van der Waals surface area contributed by atoms with Crippen molar-refractivity contribution in [1.29, 1.82) is 0 Å². The van der Waals surface area contributed by atoms with Gasteiger partial charge in [-0.1, -0.05) is 13.0 Å².